The number of benzene rings is 3. The van der Waals surface area contributed by atoms with Crippen LogP contribution in [0.2, 0.25) is 0 Å². The van der Waals surface area contributed by atoms with Gasteiger partial charge in [0.05, 0.1) is 10.9 Å². The molecule has 0 aliphatic carbocycles. The van der Waals surface area contributed by atoms with Gasteiger partial charge in [0.15, 0.2) is 14.7 Å². The van der Waals surface area contributed by atoms with Gasteiger partial charge < -0.3 is 0 Å². The third-order valence-corrected chi connectivity index (χ3v) is 5.24. The fourth-order valence-electron chi connectivity index (χ4n) is 2.09. The minimum Gasteiger partial charge on any atom is -0.207 e. The maximum atomic E-state index is 13.2. The van der Waals surface area contributed by atoms with Crippen LogP contribution in [0.15, 0.2) is 99.6 Å². The Balaban J connectivity index is 0.000000321. The van der Waals surface area contributed by atoms with E-state index in [1.165, 1.54) is 21.9 Å². The zero-order valence-corrected chi connectivity index (χ0v) is 15.3. The molecule has 0 amide bonds. The summed E-state index contributed by atoms with van der Waals surface area (Å²) in [6, 6.07) is 27.5. The maximum Gasteiger partial charge on any atom is 0.166 e. The van der Waals surface area contributed by atoms with Crippen molar-refractivity contribution in [3.8, 4) is 0 Å². The fraction of sp³-hybridized carbons (Fsp3) is 0. The van der Waals surface area contributed by atoms with E-state index < -0.39 is 7.81 Å². The summed E-state index contributed by atoms with van der Waals surface area (Å²) in [5.41, 5.74) is 0. The molecule has 0 spiro atoms. The van der Waals surface area contributed by atoms with Crippen LogP contribution in [0.1, 0.15) is 0 Å². The Morgan fingerprint density at radius 3 is 1.11 bits per heavy atom. The normalized spacial score (nSPS) is 13.9. The minimum absolute atomic E-state index is 0.190. The van der Waals surface area contributed by atoms with Gasteiger partial charge in [-0.3, -0.25) is 0 Å². The topological polar surface area (TPSA) is 0 Å². The molecule has 0 saturated heterocycles. The fourth-order valence-corrected chi connectivity index (χ4v) is 4.18. The molecule has 27 heavy (non-hydrogen) atoms. The van der Waals surface area contributed by atoms with Crippen LogP contribution in [0, 0.1) is 5.82 Å². The summed E-state index contributed by atoms with van der Waals surface area (Å²) < 4.78 is 72.4. The molecule has 0 aliphatic heterocycles. The third kappa shape index (κ3) is 8.93. The zero-order valence-electron chi connectivity index (χ0n) is 13.6. The Morgan fingerprint density at radius 2 is 0.778 bits per heavy atom. The second kappa shape index (κ2) is 7.17. The van der Waals surface area contributed by atoms with Crippen molar-refractivity contribution in [3.63, 3.8) is 0 Å². The quantitative estimate of drug-likeness (QED) is 0.224. The summed E-state index contributed by atoms with van der Waals surface area (Å²) in [7, 11) is -10.8. The summed E-state index contributed by atoms with van der Waals surface area (Å²) in [5.74, 6) is -0.196. The van der Waals surface area contributed by atoms with Gasteiger partial charge in [-0.25, -0.2) is 4.39 Å². The molecule has 0 fully saturated rings. The second-order valence-electron chi connectivity index (χ2n) is 5.34. The second-order valence-corrected chi connectivity index (χ2v) is 9.29. The molecule has 9 heteroatoms. The maximum absolute atomic E-state index is 13.2. The first kappa shape index (κ1) is 21.3. The average molecular weight is 426 g/mol. The van der Waals surface area contributed by atoms with Crippen LogP contribution in [0.3, 0.4) is 0 Å². The first-order chi connectivity index (χ1) is 12.3. The van der Waals surface area contributed by atoms with Gasteiger partial charge in [0.1, 0.15) is 5.82 Å². The Morgan fingerprint density at radius 1 is 0.481 bits per heavy atom. The Bertz CT molecular complexity index is 814. The molecule has 0 saturated carbocycles. The van der Waals surface area contributed by atoms with Crippen molar-refractivity contribution in [2.24, 2.45) is 0 Å². The zero-order chi connectivity index (χ0) is 20.2. The molecular weight excluding hydrogens is 412 g/mol. The van der Waals surface area contributed by atoms with Gasteiger partial charge in [-0.15, -0.1) is 0 Å². The van der Waals surface area contributed by atoms with E-state index in [-0.39, 0.29) is 16.7 Å². The van der Waals surface area contributed by atoms with E-state index in [0.717, 1.165) is 4.90 Å². The predicted octanol–water partition coefficient (Wildman–Crippen LogP) is 8.30. The summed E-state index contributed by atoms with van der Waals surface area (Å²) in [6.45, 7) is 0. The summed E-state index contributed by atoms with van der Waals surface area (Å²) >= 11 is 0. The monoisotopic (exact) mass is 426 g/mol. The van der Waals surface area contributed by atoms with Crippen LogP contribution < -0.4 is 0 Å². The standard InChI is InChI=1S/C18H14FS.F6P/c19-15-11-13-18(14-12-15)20(16-7-3-1-4-8-16)17-9-5-2-6-10-17;1-7(2,3,4,5)6/h1-14H;/q+1;-1. The molecule has 146 valence electrons. The number of hydrogen-bond acceptors (Lipinski definition) is 0. The molecule has 0 radical (unpaired) electrons. The average Bonchev–Trinajstić information content (AvgIpc) is 2.56. The molecule has 0 aliphatic rings. The van der Waals surface area contributed by atoms with E-state index in [4.69, 9.17) is 0 Å². The van der Waals surface area contributed by atoms with Crippen LogP contribution in [-0.4, -0.2) is 0 Å². The van der Waals surface area contributed by atoms with Gasteiger partial charge in [0, 0.05) is 0 Å². The van der Waals surface area contributed by atoms with E-state index in [9.17, 15) is 29.6 Å². The van der Waals surface area contributed by atoms with Crippen molar-refractivity contribution in [2.45, 2.75) is 14.7 Å². The molecule has 3 aromatic carbocycles. The number of halogens is 7. The Kier molecular flexibility index (Phi) is 5.64. The van der Waals surface area contributed by atoms with Gasteiger partial charge in [-0.05, 0) is 48.5 Å². The molecular formula is C18H14F7PS. The van der Waals surface area contributed by atoms with Gasteiger partial charge in [0.25, 0.3) is 0 Å². The van der Waals surface area contributed by atoms with Crippen LogP contribution >= 0.6 is 7.81 Å². The summed E-state index contributed by atoms with van der Waals surface area (Å²) in [5, 5.41) is 0. The smallest absolute Gasteiger partial charge is 0.166 e. The third-order valence-electron chi connectivity index (χ3n) is 3.01. The van der Waals surface area contributed by atoms with Crippen molar-refractivity contribution in [2.75, 3.05) is 0 Å². The van der Waals surface area contributed by atoms with Crippen LogP contribution in [0.25, 0.3) is 0 Å². The van der Waals surface area contributed by atoms with Gasteiger partial charge in [-0.1, -0.05) is 36.4 Å². The first-order valence-electron chi connectivity index (χ1n) is 7.46. The number of hydrogen-bond donors (Lipinski definition) is 0. The van der Waals surface area contributed by atoms with Crippen molar-refractivity contribution in [3.05, 3.63) is 90.7 Å². The van der Waals surface area contributed by atoms with E-state index in [0.29, 0.717) is 0 Å². The number of rotatable bonds is 3. The summed E-state index contributed by atoms with van der Waals surface area (Å²) in [6.07, 6.45) is 0. The predicted molar refractivity (Wildman–Crippen MR) is 95.0 cm³/mol. The first-order valence-corrected chi connectivity index (χ1v) is 10.7. The SMILES string of the molecule is F[P-](F)(F)(F)(F)F.Fc1ccc([S+](c2ccccc2)c2ccccc2)cc1. The van der Waals surface area contributed by atoms with Crippen LogP contribution in [-0.2, 0) is 10.9 Å². The van der Waals surface area contributed by atoms with Gasteiger partial charge in [0.2, 0.25) is 0 Å². The molecule has 0 atom stereocenters. The van der Waals surface area contributed by atoms with Gasteiger partial charge in [-0.2, -0.15) is 0 Å². The van der Waals surface area contributed by atoms with Crippen LogP contribution in [0.5, 0.6) is 0 Å². The van der Waals surface area contributed by atoms with Gasteiger partial charge >= 0.3 is 33.0 Å². The van der Waals surface area contributed by atoms with E-state index in [1.54, 1.807) is 0 Å². The molecule has 0 nitrogen and oxygen atoms in total. The van der Waals surface area contributed by atoms with Crippen molar-refractivity contribution in [1.82, 2.24) is 0 Å². The van der Waals surface area contributed by atoms with E-state index in [2.05, 4.69) is 24.3 Å². The molecule has 0 bridgehead atoms. The molecule has 0 aromatic heterocycles. The minimum atomic E-state index is -10.7. The molecule has 0 N–H and O–H groups in total. The van der Waals surface area contributed by atoms with E-state index in [1.807, 2.05) is 48.5 Å². The molecule has 3 aromatic rings. The van der Waals surface area contributed by atoms with Crippen molar-refractivity contribution in [1.29, 1.82) is 0 Å². The Hall–Kier alpha value is -2.05. The molecule has 0 unspecified atom stereocenters. The van der Waals surface area contributed by atoms with E-state index >= 15 is 0 Å². The molecule has 0 heterocycles. The van der Waals surface area contributed by atoms with Crippen LogP contribution in [0.4, 0.5) is 29.6 Å². The van der Waals surface area contributed by atoms with Crippen molar-refractivity contribution >= 4 is 18.7 Å². The molecule has 3 rings (SSSR count). The Labute approximate surface area is 154 Å². The largest absolute Gasteiger partial charge is 0.207 e. The summed E-state index contributed by atoms with van der Waals surface area (Å²) in [4.78, 5) is 3.61. The van der Waals surface area contributed by atoms with Crippen molar-refractivity contribution < 1.29 is 29.6 Å².